The second-order valence-corrected chi connectivity index (χ2v) is 7.69. The van der Waals surface area contributed by atoms with Crippen LogP contribution in [0.2, 0.25) is 0 Å². The summed E-state index contributed by atoms with van der Waals surface area (Å²) in [5.74, 6) is 0.520. The Bertz CT molecular complexity index is 739. The molecule has 0 fully saturated rings. The quantitative estimate of drug-likeness (QED) is 0.649. The van der Waals surface area contributed by atoms with Gasteiger partial charge in [-0.05, 0) is 39.0 Å². The van der Waals surface area contributed by atoms with E-state index in [1.165, 1.54) is 6.39 Å². The number of carbonyl (C=O) groups is 1. The maximum Gasteiger partial charge on any atom is 0.251 e. The smallest absolute Gasteiger partial charge is 0.251 e. The minimum Gasteiger partial charge on any atom is -0.490 e. The van der Waals surface area contributed by atoms with Crippen LogP contribution in [0.1, 0.15) is 34.6 Å². The van der Waals surface area contributed by atoms with Gasteiger partial charge in [-0.2, -0.15) is 0 Å². The molecular weight excluding hydrogens is 348 g/mol. The molecule has 0 radical (unpaired) electrons. The largest absolute Gasteiger partial charge is 0.490 e. The normalized spacial score (nSPS) is 12.9. The second-order valence-electron chi connectivity index (χ2n) is 7.69. The fourth-order valence-electron chi connectivity index (χ4n) is 2.15. The van der Waals surface area contributed by atoms with Gasteiger partial charge in [-0.3, -0.25) is 4.79 Å². The molecule has 27 heavy (non-hydrogen) atoms. The number of aliphatic hydroxyl groups excluding tert-OH is 1. The first-order valence-electron chi connectivity index (χ1n) is 8.93. The van der Waals surface area contributed by atoms with Gasteiger partial charge in [0.15, 0.2) is 0 Å². The number of carbonyl (C=O) groups excluding carboxylic acids is 1. The van der Waals surface area contributed by atoms with Crippen molar-refractivity contribution in [2.75, 3.05) is 18.5 Å². The molecule has 1 atom stereocenters. The molecule has 1 aromatic heterocycles. The van der Waals surface area contributed by atoms with Crippen LogP contribution in [-0.2, 0) is 4.79 Å². The number of aromatic nitrogens is 2. The van der Waals surface area contributed by atoms with E-state index >= 15 is 0 Å². The Morgan fingerprint density at radius 2 is 2.07 bits per heavy atom. The number of β-amino-alcohol motifs (C(OH)–C–C–N with tert-alkyl or cyclic N) is 1. The molecule has 8 heteroatoms. The summed E-state index contributed by atoms with van der Waals surface area (Å²) in [7, 11) is 0. The van der Waals surface area contributed by atoms with E-state index in [4.69, 9.17) is 9.15 Å². The molecule has 0 aliphatic carbocycles. The van der Waals surface area contributed by atoms with E-state index in [1.807, 2.05) is 34.6 Å². The number of amides is 1. The summed E-state index contributed by atoms with van der Waals surface area (Å²) in [4.78, 5) is 11.9. The van der Waals surface area contributed by atoms with Crippen LogP contribution in [0.15, 0.2) is 29.0 Å². The third-order valence-electron chi connectivity index (χ3n) is 3.66. The number of ether oxygens (including phenoxy) is 1. The van der Waals surface area contributed by atoms with Gasteiger partial charge in [-0.1, -0.05) is 13.8 Å². The fourth-order valence-corrected chi connectivity index (χ4v) is 2.15. The Kier molecular flexibility index (Phi) is 6.92. The molecule has 148 valence electrons. The second kappa shape index (κ2) is 8.96. The molecule has 0 aliphatic rings. The highest BCUT2D eigenvalue weighted by molar-refractivity contribution is 5.92. The van der Waals surface area contributed by atoms with Crippen LogP contribution < -0.4 is 15.4 Å². The number of benzene rings is 1. The van der Waals surface area contributed by atoms with Crippen LogP contribution in [0, 0.1) is 5.92 Å². The molecule has 1 heterocycles. The van der Waals surface area contributed by atoms with E-state index in [0.29, 0.717) is 23.5 Å². The molecule has 2 rings (SSSR count). The average molecular weight is 376 g/mol. The number of rotatable bonds is 8. The van der Waals surface area contributed by atoms with Gasteiger partial charge in [-0.15, -0.1) is 10.2 Å². The van der Waals surface area contributed by atoms with Gasteiger partial charge in [0, 0.05) is 23.7 Å². The van der Waals surface area contributed by atoms with Gasteiger partial charge in [0.05, 0.1) is 5.56 Å². The highest BCUT2D eigenvalue weighted by Gasteiger charge is 2.17. The minimum atomic E-state index is -0.680. The lowest BCUT2D eigenvalue weighted by Gasteiger charge is -2.23. The van der Waals surface area contributed by atoms with Crippen LogP contribution in [0.5, 0.6) is 5.75 Å². The van der Waals surface area contributed by atoms with E-state index in [2.05, 4.69) is 20.8 Å². The Labute approximate surface area is 159 Å². The minimum absolute atomic E-state index is 0.0911. The lowest BCUT2D eigenvalue weighted by molar-refractivity contribution is -0.118. The molecule has 0 saturated carbocycles. The summed E-state index contributed by atoms with van der Waals surface area (Å²) >= 11 is 0. The van der Waals surface area contributed by atoms with Crippen molar-refractivity contribution in [3.8, 4) is 17.2 Å². The van der Waals surface area contributed by atoms with Crippen molar-refractivity contribution in [2.45, 2.75) is 46.3 Å². The predicted octanol–water partition coefficient (Wildman–Crippen LogP) is 2.46. The standard InChI is InChI=1S/C19H28N4O4/c1-12(2)17(25)22-13-6-7-16(15(8-13)18-23-21-11-27-18)26-10-14(24)9-20-19(3,4)5/h6-8,11-12,14,20,24H,9-10H2,1-5H3,(H,22,25). The molecule has 0 aliphatic heterocycles. The average Bonchev–Trinajstić information content (AvgIpc) is 3.12. The van der Waals surface area contributed by atoms with Crippen molar-refractivity contribution >= 4 is 11.6 Å². The maximum absolute atomic E-state index is 11.9. The van der Waals surface area contributed by atoms with Gasteiger partial charge in [0.1, 0.15) is 18.5 Å². The summed E-state index contributed by atoms with van der Waals surface area (Å²) in [6.07, 6.45) is 0.542. The Morgan fingerprint density at radius 3 is 2.67 bits per heavy atom. The zero-order valence-corrected chi connectivity index (χ0v) is 16.4. The van der Waals surface area contributed by atoms with Crippen molar-refractivity contribution in [2.24, 2.45) is 5.92 Å². The van der Waals surface area contributed by atoms with Crippen LogP contribution in [0.25, 0.3) is 11.5 Å². The molecule has 1 unspecified atom stereocenters. The van der Waals surface area contributed by atoms with Crippen LogP contribution >= 0.6 is 0 Å². The van der Waals surface area contributed by atoms with E-state index in [-0.39, 0.29) is 29.9 Å². The number of hydrogen-bond acceptors (Lipinski definition) is 7. The molecule has 2 aromatic rings. The van der Waals surface area contributed by atoms with Gasteiger partial charge in [0.2, 0.25) is 12.3 Å². The van der Waals surface area contributed by atoms with Gasteiger partial charge >= 0.3 is 0 Å². The number of nitrogens with one attached hydrogen (secondary N) is 2. The van der Waals surface area contributed by atoms with Crippen LogP contribution in [0.3, 0.4) is 0 Å². The van der Waals surface area contributed by atoms with Crippen molar-refractivity contribution in [1.29, 1.82) is 0 Å². The number of aliphatic hydroxyl groups is 1. The molecule has 1 amide bonds. The highest BCUT2D eigenvalue weighted by Crippen LogP contribution is 2.31. The Morgan fingerprint density at radius 1 is 1.33 bits per heavy atom. The van der Waals surface area contributed by atoms with E-state index < -0.39 is 6.10 Å². The number of nitrogens with zero attached hydrogens (tertiary/aromatic N) is 2. The summed E-state index contributed by atoms with van der Waals surface area (Å²) in [6.45, 7) is 10.2. The molecule has 1 aromatic carbocycles. The van der Waals surface area contributed by atoms with Gasteiger partial charge < -0.3 is 24.9 Å². The van der Waals surface area contributed by atoms with Crippen molar-refractivity contribution in [3.05, 3.63) is 24.6 Å². The zero-order chi connectivity index (χ0) is 20.0. The molecule has 0 bridgehead atoms. The lowest BCUT2D eigenvalue weighted by Crippen LogP contribution is -2.42. The number of hydrogen-bond donors (Lipinski definition) is 3. The molecule has 3 N–H and O–H groups in total. The summed E-state index contributed by atoms with van der Waals surface area (Å²) in [5.41, 5.74) is 1.06. The SMILES string of the molecule is CC(C)C(=O)Nc1ccc(OCC(O)CNC(C)(C)C)c(-c2nnco2)c1. The summed E-state index contributed by atoms with van der Waals surface area (Å²) in [5, 5.41) is 23.8. The van der Waals surface area contributed by atoms with E-state index in [9.17, 15) is 9.90 Å². The van der Waals surface area contributed by atoms with Crippen molar-refractivity contribution in [1.82, 2.24) is 15.5 Å². The number of anilines is 1. The molecule has 8 nitrogen and oxygen atoms in total. The Hall–Kier alpha value is -2.45. The van der Waals surface area contributed by atoms with Crippen LogP contribution in [0.4, 0.5) is 5.69 Å². The predicted molar refractivity (Wildman–Crippen MR) is 102 cm³/mol. The zero-order valence-electron chi connectivity index (χ0n) is 16.4. The van der Waals surface area contributed by atoms with E-state index in [0.717, 1.165) is 0 Å². The maximum atomic E-state index is 11.9. The summed E-state index contributed by atoms with van der Waals surface area (Å²) < 4.78 is 11.0. The fraction of sp³-hybridized carbons (Fsp3) is 0.526. The van der Waals surface area contributed by atoms with Crippen molar-refractivity contribution in [3.63, 3.8) is 0 Å². The lowest BCUT2D eigenvalue weighted by atomic mass is 10.1. The van der Waals surface area contributed by atoms with E-state index in [1.54, 1.807) is 18.2 Å². The third-order valence-corrected chi connectivity index (χ3v) is 3.66. The monoisotopic (exact) mass is 376 g/mol. The molecule has 0 saturated heterocycles. The third kappa shape index (κ3) is 6.65. The molecule has 0 spiro atoms. The van der Waals surface area contributed by atoms with Crippen molar-refractivity contribution < 1.29 is 19.1 Å². The topological polar surface area (TPSA) is 110 Å². The first-order chi connectivity index (χ1) is 12.7. The first-order valence-corrected chi connectivity index (χ1v) is 8.93. The molecular formula is C19H28N4O4. The highest BCUT2D eigenvalue weighted by atomic mass is 16.5. The van der Waals surface area contributed by atoms with Gasteiger partial charge in [-0.25, -0.2) is 0 Å². The van der Waals surface area contributed by atoms with Crippen LogP contribution in [-0.4, -0.2) is 46.0 Å². The Balaban J connectivity index is 2.12. The van der Waals surface area contributed by atoms with Gasteiger partial charge in [0.25, 0.3) is 5.89 Å². The first kappa shape index (κ1) is 20.9. The summed E-state index contributed by atoms with van der Waals surface area (Å²) in [6, 6.07) is 5.15.